The van der Waals surface area contributed by atoms with Crippen molar-refractivity contribution in [3.63, 3.8) is 0 Å². The Bertz CT molecular complexity index is 902. The third-order valence-corrected chi connectivity index (χ3v) is 5.08. The SMILES string of the molecule is C=CCn1ccnc1-c1sc(-c2ccnc(NC(C)=O)c2)nc1Br. The molecule has 8 heteroatoms. The average Bonchev–Trinajstić information content (AvgIpc) is 3.13. The summed E-state index contributed by atoms with van der Waals surface area (Å²) in [6, 6.07) is 3.66. The van der Waals surface area contributed by atoms with Crippen molar-refractivity contribution in [2.24, 2.45) is 0 Å². The molecule has 122 valence electrons. The molecule has 0 saturated heterocycles. The van der Waals surface area contributed by atoms with E-state index in [0.717, 1.165) is 25.9 Å². The highest BCUT2D eigenvalue weighted by molar-refractivity contribution is 9.10. The number of nitrogens with zero attached hydrogens (tertiary/aromatic N) is 4. The van der Waals surface area contributed by atoms with Gasteiger partial charge < -0.3 is 9.88 Å². The van der Waals surface area contributed by atoms with E-state index in [1.54, 1.807) is 18.5 Å². The number of carbonyl (C=O) groups is 1. The van der Waals surface area contributed by atoms with Crippen LogP contribution >= 0.6 is 27.3 Å². The summed E-state index contributed by atoms with van der Waals surface area (Å²) in [5, 5.41) is 3.50. The molecule has 6 nitrogen and oxygen atoms in total. The quantitative estimate of drug-likeness (QED) is 0.653. The number of pyridine rings is 1. The molecule has 0 unspecified atom stereocenters. The number of imidazole rings is 1. The van der Waals surface area contributed by atoms with E-state index in [0.29, 0.717) is 12.4 Å². The van der Waals surface area contributed by atoms with Crippen LogP contribution in [0.5, 0.6) is 0 Å². The van der Waals surface area contributed by atoms with Crippen molar-refractivity contribution in [3.8, 4) is 21.3 Å². The third kappa shape index (κ3) is 3.44. The van der Waals surface area contributed by atoms with Gasteiger partial charge in [0.15, 0.2) is 5.82 Å². The van der Waals surface area contributed by atoms with Crippen molar-refractivity contribution in [1.82, 2.24) is 19.5 Å². The highest BCUT2D eigenvalue weighted by atomic mass is 79.9. The van der Waals surface area contributed by atoms with Crippen LogP contribution in [0.2, 0.25) is 0 Å². The molecule has 0 aromatic carbocycles. The number of halogens is 1. The van der Waals surface area contributed by atoms with Gasteiger partial charge in [-0.3, -0.25) is 4.79 Å². The van der Waals surface area contributed by atoms with E-state index in [2.05, 4.69) is 42.8 Å². The van der Waals surface area contributed by atoms with Crippen molar-refractivity contribution in [1.29, 1.82) is 0 Å². The van der Waals surface area contributed by atoms with Gasteiger partial charge in [0.1, 0.15) is 20.3 Å². The fraction of sp³-hybridized carbons (Fsp3) is 0.125. The Morgan fingerprint density at radius 2 is 2.29 bits per heavy atom. The number of carbonyl (C=O) groups excluding carboxylic acids is 1. The van der Waals surface area contributed by atoms with Crippen molar-refractivity contribution >= 4 is 39.0 Å². The van der Waals surface area contributed by atoms with Gasteiger partial charge in [0, 0.05) is 37.6 Å². The Labute approximate surface area is 151 Å². The summed E-state index contributed by atoms with van der Waals surface area (Å²) < 4.78 is 2.74. The molecule has 0 aliphatic rings. The summed E-state index contributed by atoms with van der Waals surface area (Å²) in [6.07, 6.45) is 7.13. The predicted octanol–water partition coefficient (Wildman–Crippen LogP) is 3.98. The molecule has 3 heterocycles. The van der Waals surface area contributed by atoms with Gasteiger partial charge in [-0.2, -0.15) is 0 Å². The number of aromatic nitrogens is 4. The van der Waals surface area contributed by atoms with E-state index >= 15 is 0 Å². The minimum Gasteiger partial charge on any atom is -0.326 e. The first-order chi connectivity index (χ1) is 11.6. The minimum atomic E-state index is -0.160. The predicted molar refractivity (Wildman–Crippen MR) is 98.8 cm³/mol. The number of allylic oxidation sites excluding steroid dienone is 1. The summed E-state index contributed by atoms with van der Waals surface area (Å²) in [6.45, 7) is 5.89. The smallest absolute Gasteiger partial charge is 0.222 e. The highest BCUT2D eigenvalue weighted by Gasteiger charge is 2.16. The molecule has 24 heavy (non-hydrogen) atoms. The fourth-order valence-electron chi connectivity index (χ4n) is 2.18. The van der Waals surface area contributed by atoms with E-state index in [4.69, 9.17) is 0 Å². The molecule has 0 saturated carbocycles. The largest absolute Gasteiger partial charge is 0.326 e. The lowest BCUT2D eigenvalue weighted by Crippen LogP contribution is -2.07. The van der Waals surface area contributed by atoms with E-state index in [-0.39, 0.29) is 5.91 Å². The Kier molecular flexibility index (Phi) is 4.86. The number of nitrogens with one attached hydrogen (secondary N) is 1. The number of anilines is 1. The van der Waals surface area contributed by atoms with E-state index < -0.39 is 0 Å². The Balaban J connectivity index is 1.98. The van der Waals surface area contributed by atoms with Gasteiger partial charge >= 0.3 is 0 Å². The maximum absolute atomic E-state index is 11.2. The lowest BCUT2D eigenvalue weighted by molar-refractivity contribution is -0.114. The Hall–Kier alpha value is -2.32. The zero-order valence-corrected chi connectivity index (χ0v) is 15.3. The lowest BCUT2D eigenvalue weighted by atomic mass is 10.3. The molecule has 1 N–H and O–H groups in total. The van der Waals surface area contributed by atoms with Crippen LogP contribution in [0.4, 0.5) is 5.82 Å². The molecule has 0 radical (unpaired) electrons. The Morgan fingerprint density at radius 3 is 3.04 bits per heavy atom. The van der Waals surface area contributed by atoms with E-state index in [9.17, 15) is 4.79 Å². The van der Waals surface area contributed by atoms with Crippen LogP contribution in [0.1, 0.15) is 6.92 Å². The van der Waals surface area contributed by atoms with Crippen LogP contribution in [0.15, 0.2) is 48.0 Å². The van der Waals surface area contributed by atoms with Gasteiger partial charge in [0.05, 0.1) is 0 Å². The second-order valence-corrected chi connectivity index (χ2v) is 6.69. The summed E-state index contributed by atoms with van der Waals surface area (Å²) >= 11 is 5.04. The van der Waals surface area contributed by atoms with Crippen LogP contribution in [-0.4, -0.2) is 25.4 Å². The molecule has 1 amide bonds. The van der Waals surface area contributed by atoms with Crippen LogP contribution in [0.25, 0.3) is 21.3 Å². The summed E-state index contributed by atoms with van der Waals surface area (Å²) in [5.74, 6) is 1.18. The zero-order chi connectivity index (χ0) is 17.1. The fourth-order valence-corrected chi connectivity index (χ4v) is 3.86. The second kappa shape index (κ2) is 7.06. The number of amides is 1. The maximum Gasteiger partial charge on any atom is 0.222 e. The van der Waals surface area contributed by atoms with Crippen LogP contribution in [-0.2, 0) is 11.3 Å². The number of rotatable bonds is 5. The number of hydrogen-bond donors (Lipinski definition) is 1. The molecule has 0 aliphatic carbocycles. The first-order valence-corrected chi connectivity index (χ1v) is 8.72. The van der Waals surface area contributed by atoms with Gasteiger partial charge in [0.2, 0.25) is 5.91 Å². The lowest BCUT2D eigenvalue weighted by Gasteiger charge is -2.03. The highest BCUT2D eigenvalue weighted by Crippen LogP contribution is 2.37. The summed E-state index contributed by atoms with van der Waals surface area (Å²) in [5.41, 5.74) is 0.882. The van der Waals surface area contributed by atoms with Crippen molar-refractivity contribution in [3.05, 3.63) is 48.0 Å². The molecule has 3 rings (SSSR count). The molecule has 0 aliphatic heterocycles. The molecule has 3 aromatic rings. The zero-order valence-electron chi connectivity index (χ0n) is 12.9. The van der Waals surface area contributed by atoms with E-state index in [1.807, 2.05) is 22.9 Å². The van der Waals surface area contributed by atoms with Gasteiger partial charge in [-0.1, -0.05) is 6.08 Å². The molecule has 0 bridgehead atoms. The molecular formula is C16H14BrN5OS. The van der Waals surface area contributed by atoms with Gasteiger partial charge in [-0.25, -0.2) is 15.0 Å². The first kappa shape index (κ1) is 16.5. The van der Waals surface area contributed by atoms with Crippen LogP contribution < -0.4 is 5.32 Å². The standard InChI is InChI=1S/C16H14BrN5OS/c1-3-7-22-8-6-19-15(22)13-14(17)21-16(24-13)11-4-5-18-12(9-11)20-10(2)23/h3-6,8-9H,1,7H2,2H3,(H,18,20,23). The molecule has 0 fully saturated rings. The van der Waals surface area contributed by atoms with Gasteiger partial charge in [0.25, 0.3) is 0 Å². The second-order valence-electron chi connectivity index (χ2n) is 4.94. The van der Waals surface area contributed by atoms with Gasteiger partial charge in [-0.15, -0.1) is 17.9 Å². The third-order valence-electron chi connectivity index (χ3n) is 3.14. The molecule has 0 spiro atoms. The van der Waals surface area contributed by atoms with Crippen molar-refractivity contribution in [2.45, 2.75) is 13.5 Å². The average molecular weight is 404 g/mol. The first-order valence-electron chi connectivity index (χ1n) is 7.11. The van der Waals surface area contributed by atoms with Crippen LogP contribution in [0, 0.1) is 0 Å². The van der Waals surface area contributed by atoms with Crippen LogP contribution in [0.3, 0.4) is 0 Å². The van der Waals surface area contributed by atoms with Crippen molar-refractivity contribution < 1.29 is 4.79 Å². The Morgan fingerprint density at radius 1 is 1.46 bits per heavy atom. The topological polar surface area (TPSA) is 72.7 Å². The summed E-state index contributed by atoms with van der Waals surface area (Å²) in [4.78, 5) is 25.2. The number of hydrogen-bond acceptors (Lipinski definition) is 5. The monoisotopic (exact) mass is 403 g/mol. The summed E-state index contributed by atoms with van der Waals surface area (Å²) in [7, 11) is 0. The van der Waals surface area contributed by atoms with Crippen molar-refractivity contribution in [2.75, 3.05) is 5.32 Å². The van der Waals surface area contributed by atoms with Gasteiger partial charge in [-0.05, 0) is 28.1 Å². The normalized spacial score (nSPS) is 10.6. The molecule has 0 atom stereocenters. The minimum absolute atomic E-state index is 0.160. The van der Waals surface area contributed by atoms with E-state index in [1.165, 1.54) is 18.3 Å². The number of thiazole rings is 1. The maximum atomic E-state index is 11.2. The molecular weight excluding hydrogens is 390 g/mol. The molecule has 3 aromatic heterocycles.